The summed E-state index contributed by atoms with van der Waals surface area (Å²) in [7, 11) is 0. The molecule has 128 valence electrons. The van der Waals surface area contributed by atoms with Crippen LogP contribution in [0.3, 0.4) is 0 Å². The number of nitrogens with one attached hydrogen (secondary N) is 1. The number of pyridine rings is 1. The summed E-state index contributed by atoms with van der Waals surface area (Å²) in [6.07, 6.45) is 2.46. The second kappa shape index (κ2) is 7.15. The van der Waals surface area contributed by atoms with Crippen LogP contribution in [0.25, 0.3) is 0 Å². The van der Waals surface area contributed by atoms with Gasteiger partial charge in [-0.25, -0.2) is 9.78 Å². The zero-order chi connectivity index (χ0) is 17.0. The van der Waals surface area contributed by atoms with E-state index >= 15 is 0 Å². The molecule has 2 heterocycles. The number of anilines is 1. The molecule has 1 aromatic rings. The molecule has 1 aliphatic heterocycles. The summed E-state index contributed by atoms with van der Waals surface area (Å²) in [5.41, 5.74) is -0.487. The Kier molecular flexibility index (Phi) is 5.44. The quantitative estimate of drug-likeness (QED) is 0.856. The van der Waals surface area contributed by atoms with E-state index in [9.17, 15) is 9.18 Å². The van der Waals surface area contributed by atoms with Crippen molar-refractivity contribution in [3.63, 3.8) is 0 Å². The average molecular weight is 323 g/mol. The molecule has 1 aromatic heterocycles. The summed E-state index contributed by atoms with van der Waals surface area (Å²) < 4.78 is 18.6. The van der Waals surface area contributed by atoms with Crippen molar-refractivity contribution in [2.45, 2.75) is 64.6 Å². The highest BCUT2D eigenvalue weighted by molar-refractivity contribution is 5.69. The van der Waals surface area contributed by atoms with Gasteiger partial charge in [-0.3, -0.25) is 0 Å². The molecule has 1 saturated heterocycles. The van der Waals surface area contributed by atoms with Crippen molar-refractivity contribution >= 4 is 11.9 Å². The molecule has 23 heavy (non-hydrogen) atoms. The minimum absolute atomic E-state index is 0.0809. The van der Waals surface area contributed by atoms with Gasteiger partial charge in [-0.1, -0.05) is 6.07 Å². The summed E-state index contributed by atoms with van der Waals surface area (Å²) in [6.45, 7) is 8.35. The number of hydrogen-bond donors (Lipinski definition) is 1. The Hall–Kier alpha value is -1.85. The summed E-state index contributed by atoms with van der Waals surface area (Å²) in [6, 6.07) is 4.90. The summed E-state index contributed by atoms with van der Waals surface area (Å²) >= 11 is 0. The monoisotopic (exact) mass is 323 g/mol. The number of aromatic nitrogens is 1. The highest BCUT2D eigenvalue weighted by Crippen LogP contribution is 2.24. The van der Waals surface area contributed by atoms with Crippen molar-refractivity contribution in [3.05, 3.63) is 24.1 Å². The molecule has 2 rings (SSSR count). The van der Waals surface area contributed by atoms with Gasteiger partial charge >= 0.3 is 6.09 Å². The average Bonchev–Trinajstić information content (AvgIpc) is 2.84. The highest BCUT2D eigenvalue weighted by atomic mass is 19.1. The van der Waals surface area contributed by atoms with Crippen molar-refractivity contribution in [2.24, 2.45) is 0 Å². The van der Waals surface area contributed by atoms with Crippen molar-refractivity contribution in [1.29, 1.82) is 0 Å². The molecule has 0 radical (unpaired) electrons. The van der Waals surface area contributed by atoms with Gasteiger partial charge < -0.3 is 15.0 Å². The maximum atomic E-state index is 13.1. The van der Waals surface area contributed by atoms with Gasteiger partial charge in [-0.15, -0.1) is 0 Å². The zero-order valence-corrected chi connectivity index (χ0v) is 14.3. The fourth-order valence-electron chi connectivity index (χ4n) is 2.85. The van der Waals surface area contributed by atoms with Gasteiger partial charge in [0.15, 0.2) is 0 Å². The standard InChI is InChI=1S/C17H26FN3O2/c1-12(19-15-9-5-8-14(18)20-15)11-13-7-6-10-21(13)16(22)23-17(2,3)4/h5,8-9,12-13H,6-7,10-11H2,1-4H3,(H,19,20). The van der Waals surface area contributed by atoms with Crippen LogP contribution in [0, 0.1) is 5.95 Å². The lowest BCUT2D eigenvalue weighted by molar-refractivity contribution is 0.0218. The lowest BCUT2D eigenvalue weighted by Gasteiger charge is -2.30. The van der Waals surface area contributed by atoms with Crippen molar-refractivity contribution in [2.75, 3.05) is 11.9 Å². The van der Waals surface area contributed by atoms with E-state index in [0.717, 1.165) is 25.8 Å². The van der Waals surface area contributed by atoms with Gasteiger partial charge in [0.05, 0.1) is 0 Å². The number of rotatable bonds is 4. The first kappa shape index (κ1) is 17.5. The third-order valence-corrected chi connectivity index (χ3v) is 3.74. The van der Waals surface area contributed by atoms with E-state index < -0.39 is 11.5 Å². The molecule has 0 aromatic carbocycles. The van der Waals surface area contributed by atoms with Gasteiger partial charge in [0, 0.05) is 18.6 Å². The van der Waals surface area contributed by atoms with E-state index in [1.54, 1.807) is 12.1 Å². The SMILES string of the molecule is CC(CC1CCCN1C(=O)OC(C)(C)C)Nc1cccc(F)n1. The van der Waals surface area contributed by atoms with Gasteiger partial charge in [-0.2, -0.15) is 4.39 Å². The molecule has 0 bridgehead atoms. The van der Waals surface area contributed by atoms with Gasteiger partial charge in [0.25, 0.3) is 0 Å². The first-order valence-electron chi connectivity index (χ1n) is 8.13. The van der Waals surface area contributed by atoms with Crippen LogP contribution in [0.1, 0.15) is 47.0 Å². The van der Waals surface area contributed by atoms with Crippen LogP contribution in [0.5, 0.6) is 0 Å². The van der Waals surface area contributed by atoms with Crippen LogP contribution in [-0.4, -0.2) is 40.2 Å². The number of carbonyl (C=O) groups excluding carboxylic acids is 1. The number of carbonyl (C=O) groups is 1. The number of halogens is 1. The maximum absolute atomic E-state index is 13.1. The molecule has 0 aliphatic carbocycles. The summed E-state index contributed by atoms with van der Waals surface area (Å²) in [5, 5.41) is 3.19. The Balaban J connectivity index is 1.91. The Bertz CT molecular complexity index is 545. The Morgan fingerprint density at radius 2 is 2.26 bits per heavy atom. The molecule has 2 unspecified atom stereocenters. The lowest BCUT2D eigenvalue weighted by Crippen LogP contribution is -2.41. The number of ether oxygens (including phenoxy) is 1. The third-order valence-electron chi connectivity index (χ3n) is 3.74. The Morgan fingerprint density at radius 1 is 1.52 bits per heavy atom. The van der Waals surface area contributed by atoms with Crippen LogP contribution in [0.2, 0.25) is 0 Å². The predicted octanol–water partition coefficient (Wildman–Crippen LogP) is 3.81. The summed E-state index contributed by atoms with van der Waals surface area (Å²) in [5.74, 6) is 0.0118. The van der Waals surface area contributed by atoms with E-state index in [1.807, 2.05) is 32.6 Å². The van der Waals surface area contributed by atoms with E-state index in [4.69, 9.17) is 4.74 Å². The predicted molar refractivity (Wildman–Crippen MR) is 87.9 cm³/mol. The molecule has 1 aliphatic rings. The molecule has 6 heteroatoms. The van der Waals surface area contributed by atoms with Crippen LogP contribution in [-0.2, 0) is 4.74 Å². The van der Waals surface area contributed by atoms with E-state index in [1.165, 1.54) is 6.07 Å². The molecule has 0 spiro atoms. The molecular formula is C17H26FN3O2. The van der Waals surface area contributed by atoms with Crippen LogP contribution >= 0.6 is 0 Å². The van der Waals surface area contributed by atoms with Crippen LogP contribution in [0.4, 0.5) is 15.0 Å². The maximum Gasteiger partial charge on any atom is 0.410 e. The smallest absolute Gasteiger partial charge is 0.410 e. The fourth-order valence-corrected chi connectivity index (χ4v) is 2.85. The van der Waals surface area contributed by atoms with Gasteiger partial charge in [0.2, 0.25) is 5.95 Å². The Labute approximate surface area is 137 Å². The molecule has 5 nitrogen and oxygen atoms in total. The second-order valence-electron chi connectivity index (χ2n) is 7.10. The Morgan fingerprint density at radius 3 is 2.91 bits per heavy atom. The first-order valence-corrected chi connectivity index (χ1v) is 8.13. The number of likely N-dealkylation sites (tertiary alicyclic amines) is 1. The van der Waals surface area contributed by atoms with Crippen LogP contribution in [0.15, 0.2) is 18.2 Å². The molecular weight excluding hydrogens is 297 g/mol. The number of hydrogen-bond acceptors (Lipinski definition) is 4. The van der Waals surface area contributed by atoms with Gasteiger partial charge in [-0.05, 0) is 59.1 Å². The molecule has 1 fully saturated rings. The number of nitrogens with zero attached hydrogens (tertiary/aromatic N) is 2. The number of amides is 1. The van der Waals surface area contributed by atoms with E-state index in [2.05, 4.69) is 10.3 Å². The first-order chi connectivity index (χ1) is 10.7. The minimum atomic E-state index is -0.501. The summed E-state index contributed by atoms with van der Waals surface area (Å²) in [4.78, 5) is 17.9. The third kappa shape index (κ3) is 5.37. The van der Waals surface area contributed by atoms with Crippen molar-refractivity contribution in [1.82, 2.24) is 9.88 Å². The zero-order valence-electron chi connectivity index (χ0n) is 14.3. The van der Waals surface area contributed by atoms with Gasteiger partial charge in [0.1, 0.15) is 11.4 Å². The molecule has 2 atom stereocenters. The normalized spacial score (nSPS) is 19.5. The van der Waals surface area contributed by atoms with Crippen molar-refractivity contribution in [3.8, 4) is 0 Å². The molecule has 0 saturated carbocycles. The minimum Gasteiger partial charge on any atom is -0.444 e. The lowest BCUT2D eigenvalue weighted by atomic mass is 10.1. The largest absolute Gasteiger partial charge is 0.444 e. The van der Waals surface area contributed by atoms with Crippen molar-refractivity contribution < 1.29 is 13.9 Å². The molecule has 1 N–H and O–H groups in total. The second-order valence-corrected chi connectivity index (χ2v) is 7.10. The van der Waals surface area contributed by atoms with E-state index in [0.29, 0.717) is 5.82 Å². The fraction of sp³-hybridized carbons (Fsp3) is 0.647. The highest BCUT2D eigenvalue weighted by Gasteiger charge is 2.32. The van der Waals surface area contributed by atoms with Crippen LogP contribution < -0.4 is 5.32 Å². The topological polar surface area (TPSA) is 54.5 Å². The molecule has 1 amide bonds. The van der Waals surface area contributed by atoms with E-state index in [-0.39, 0.29) is 18.2 Å².